The molecule has 1 aromatic rings. The van der Waals surface area contributed by atoms with Gasteiger partial charge in [-0.15, -0.1) is 0 Å². The molecule has 2 aliphatic heterocycles. The third-order valence-electron chi connectivity index (χ3n) is 4.99. The minimum atomic E-state index is -0.793. The summed E-state index contributed by atoms with van der Waals surface area (Å²) in [5.74, 6) is -1.02. The number of carbonyl (C=O) groups is 2. The van der Waals surface area contributed by atoms with Crippen LogP contribution in [0.5, 0.6) is 0 Å². The first-order chi connectivity index (χ1) is 13.0. The van der Waals surface area contributed by atoms with Gasteiger partial charge < -0.3 is 24.8 Å². The topological polar surface area (TPSA) is 85.9 Å². The predicted octanol–water partition coefficient (Wildman–Crippen LogP) is 1.87. The fraction of sp³-hybridized carbons (Fsp3) is 0.619. The summed E-state index contributed by atoms with van der Waals surface area (Å²) >= 11 is 0. The normalized spacial score (nSPS) is 28.6. The molecule has 3 rings (SSSR count). The molecule has 1 aromatic carbocycles. The SMILES string of the molecule is CC1(C)O[C@@H]2[C@@H](CNC(=O)C(C)(C)C)OC[C@]2(CNC(=O)c2ccccc2)O1. The third-order valence-corrected chi connectivity index (χ3v) is 4.99. The van der Waals surface area contributed by atoms with Crippen LogP contribution in [-0.2, 0) is 19.0 Å². The lowest BCUT2D eigenvalue weighted by molar-refractivity contribution is -0.188. The standard InChI is InChI=1S/C21H30N2O5/c1-19(2,3)18(25)22-11-15-16-21(13-26-15,28-20(4,5)27-16)12-23-17(24)14-9-7-6-8-10-14/h6-10,15-16H,11-13H2,1-5H3,(H,22,25)(H,23,24)/t15-,16-,21+/m1/s1. The molecular weight excluding hydrogens is 360 g/mol. The largest absolute Gasteiger partial charge is 0.370 e. The minimum absolute atomic E-state index is 0.0517. The second-order valence-corrected chi connectivity index (χ2v) is 8.96. The highest BCUT2D eigenvalue weighted by atomic mass is 16.8. The first kappa shape index (κ1) is 20.8. The molecule has 0 spiro atoms. The van der Waals surface area contributed by atoms with Gasteiger partial charge in [-0.25, -0.2) is 0 Å². The van der Waals surface area contributed by atoms with Crippen molar-refractivity contribution < 1.29 is 23.8 Å². The smallest absolute Gasteiger partial charge is 0.251 e. The number of hydrogen-bond donors (Lipinski definition) is 2. The van der Waals surface area contributed by atoms with Crippen LogP contribution in [0.1, 0.15) is 45.0 Å². The molecular formula is C21H30N2O5. The van der Waals surface area contributed by atoms with E-state index in [2.05, 4.69) is 10.6 Å². The van der Waals surface area contributed by atoms with E-state index in [0.717, 1.165) is 0 Å². The second kappa shape index (κ2) is 7.46. The van der Waals surface area contributed by atoms with Crippen molar-refractivity contribution in [2.75, 3.05) is 19.7 Å². The molecule has 2 aliphatic rings. The lowest BCUT2D eigenvalue weighted by Crippen LogP contribution is -2.52. The van der Waals surface area contributed by atoms with Crippen LogP contribution in [0.3, 0.4) is 0 Å². The Morgan fingerprint density at radius 3 is 2.46 bits per heavy atom. The molecule has 0 aromatic heterocycles. The summed E-state index contributed by atoms with van der Waals surface area (Å²) in [6.07, 6.45) is -0.736. The monoisotopic (exact) mass is 390 g/mol. The molecule has 7 nitrogen and oxygen atoms in total. The first-order valence-corrected chi connectivity index (χ1v) is 9.64. The summed E-state index contributed by atoms with van der Waals surface area (Å²) in [5.41, 5.74) is -0.682. The zero-order valence-electron chi connectivity index (χ0n) is 17.2. The van der Waals surface area contributed by atoms with E-state index in [9.17, 15) is 9.59 Å². The molecule has 7 heteroatoms. The average molecular weight is 390 g/mol. The maximum Gasteiger partial charge on any atom is 0.251 e. The van der Waals surface area contributed by atoms with E-state index in [-0.39, 0.29) is 37.2 Å². The molecule has 0 bridgehead atoms. The number of carbonyl (C=O) groups excluding carboxylic acids is 2. The molecule has 2 heterocycles. The number of rotatable bonds is 5. The van der Waals surface area contributed by atoms with Gasteiger partial charge in [0.05, 0.1) is 13.2 Å². The van der Waals surface area contributed by atoms with Crippen LogP contribution in [0, 0.1) is 5.41 Å². The van der Waals surface area contributed by atoms with E-state index in [1.165, 1.54) is 0 Å². The van der Waals surface area contributed by atoms with Gasteiger partial charge in [0.15, 0.2) is 5.79 Å². The molecule has 0 saturated carbocycles. The Morgan fingerprint density at radius 2 is 1.82 bits per heavy atom. The summed E-state index contributed by atoms with van der Waals surface area (Å²) in [4.78, 5) is 24.6. The zero-order valence-corrected chi connectivity index (χ0v) is 17.2. The van der Waals surface area contributed by atoms with Gasteiger partial charge in [0.2, 0.25) is 5.91 Å². The number of fused-ring (bicyclic) bond motifs is 1. The summed E-state index contributed by atoms with van der Waals surface area (Å²) in [6, 6.07) is 9.03. The second-order valence-electron chi connectivity index (χ2n) is 8.96. The lowest BCUT2D eigenvalue weighted by atomic mass is 9.94. The fourth-order valence-electron chi connectivity index (χ4n) is 3.58. The maximum atomic E-state index is 12.4. The number of nitrogens with one attached hydrogen (secondary N) is 2. The molecule has 154 valence electrons. The first-order valence-electron chi connectivity index (χ1n) is 9.64. The van der Waals surface area contributed by atoms with Crippen molar-refractivity contribution in [2.45, 2.75) is 58.2 Å². The number of amides is 2. The molecule has 0 radical (unpaired) electrons. The molecule has 3 atom stereocenters. The van der Waals surface area contributed by atoms with Crippen molar-refractivity contribution in [3.8, 4) is 0 Å². The Hall–Kier alpha value is -1.96. The number of hydrogen-bond acceptors (Lipinski definition) is 5. The highest BCUT2D eigenvalue weighted by molar-refractivity contribution is 5.94. The van der Waals surface area contributed by atoms with Crippen molar-refractivity contribution in [3.05, 3.63) is 35.9 Å². The molecule has 2 saturated heterocycles. The van der Waals surface area contributed by atoms with Gasteiger partial charge in [-0.05, 0) is 26.0 Å². The van der Waals surface area contributed by atoms with Crippen molar-refractivity contribution in [1.82, 2.24) is 10.6 Å². The van der Waals surface area contributed by atoms with Gasteiger partial charge in [-0.3, -0.25) is 9.59 Å². The average Bonchev–Trinajstić information content (AvgIpc) is 3.08. The van der Waals surface area contributed by atoms with E-state index in [4.69, 9.17) is 14.2 Å². The van der Waals surface area contributed by atoms with E-state index in [0.29, 0.717) is 12.1 Å². The quantitative estimate of drug-likeness (QED) is 0.802. The highest BCUT2D eigenvalue weighted by Crippen LogP contribution is 2.43. The lowest BCUT2D eigenvalue weighted by Gasteiger charge is -2.27. The van der Waals surface area contributed by atoms with Gasteiger partial charge in [0.1, 0.15) is 17.8 Å². The van der Waals surface area contributed by atoms with Crippen LogP contribution in [0.2, 0.25) is 0 Å². The van der Waals surface area contributed by atoms with E-state index >= 15 is 0 Å². The Bertz CT molecular complexity index is 728. The van der Waals surface area contributed by atoms with Gasteiger partial charge >= 0.3 is 0 Å². The predicted molar refractivity (Wildman–Crippen MR) is 104 cm³/mol. The third kappa shape index (κ3) is 4.37. The van der Waals surface area contributed by atoms with Crippen molar-refractivity contribution in [3.63, 3.8) is 0 Å². The van der Waals surface area contributed by atoms with E-state index in [1.54, 1.807) is 12.1 Å². The highest BCUT2D eigenvalue weighted by Gasteiger charge is 2.61. The number of benzene rings is 1. The van der Waals surface area contributed by atoms with Crippen LogP contribution in [0.15, 0.2) is 30.3 Å². The number of ether oxygens (including phenoxy) is 3. The van der Waals surface area contributed by atoms with E-state index in [1.807, 2.05) is 52.8 Å². The molecule has 0 aliphatic carbocycles. The van der Waals surface area contributed by atoms with Crippen molar-refractivity contribution in [2.24, 2.45) is 5.41 Å². The van der Waals surface area contributed by atoms with Crippen molar-refractivity contribution >= 4 is 11.8 Å². The molecule has 2 amide bonds. The molecule has 0 unspecified atom stereocenters. The van der Waals surface area contributed by atoms with Gasteiger partial charge in [-0.1, -0.05) is 39.0 Å². The minimum Gasteiger partial charge on any atom is -0.370 e. The fourth-order valence-corrected chi connectivity index (χ4v) is 3.58. The zero-order chi connectivity index (χ0) is 20.6. The molecule has 28 heavy (non-hydrogen) atoms. The van der Waals surface area contributed by atoms with Gasteiger partial charge in [0.25, 0.3) is 5.91 Å². The Kier molecular flexibility index (Phi) is 5.53. The van der Waals surface area contributed by atoms with Crippen LogP contribution in [0.4, 0.5) is 0 Å². The van der Waals surface area contributed by atoms with Crippen LogP contribution >= 0.6 is 0 Å². The van der Waals surface area contributed by atoms with Crippen LogP contribution in [-0.4, -0.2) is 55.1 Å². The Morgan fingerprint density at radius 1 is 1.14 bits per heavy atom. The maximum absolute atomic E-state index is 12.4. The Labute approximate surface area is 166 Å². The molecule has 2 N–H and O–H groups in total. The Balaban J connectivity index is 1.67. The van der Waals surface area contributed by atoms with Crippen LogP contribution in [0.25, 0.3) is 0 Å². The summed E-state index contributed by atoms with van der Waals surface area (Å²) in [7, 11) is 0. The summed E-state index contributed by atoms with van der Waals surface area (Å²) < 4.78 is 18.2. The van der Waals surface area contributed by atoms with Gasteiger partial charge in [0, 0.05) is 17.5 Å². The van der Waals surface area contributed by atoms with Gasteiger partial charge in [-0.2, -0.15) is 0 Å². The van der Waals surface area contributed by atoms with Crippen LogP contribution < -0.4 is 10.6 Å². The molecule has 2 fully saturated rings. The van der Waals surface area contributed by atoms with E-state index < -0.39 is 16.8 Å². The summed E-state index contributed by atoms with van der Waals surface area (Å²) in [6.45, 7) is 10.1. The van der Waals surface area contributed by atoms with Crippen molar-refractivity contribution in [1.29, 1.82) is 0 Å². The summed E-state index contributed by atoms with van der Waals surface area (Å²) in [5, 5.41) is 5.86.